The third-order valence-electron chi connectivity index (χ3n) is 6.18. The number of nitrogens with zero attached hydrogens (tertiary/aromatic N) is 1. The Hall–Kier alpha value is -2.56. The maximum atomic E-state index is 13.3. The average Bonchev–Trinajstić information content (AvgIpc) is 2.69. The lowest BCUT2D eigenvalue weighted by Gasteiger charge is -2.39. The number of rotatable bonds is 7. The number of carbonyl (C=O) groups is 2. The van der Waals surface area contributed by atoms with Crippen molar-refractivity contribution in [3.8, 4) is 0 Å². The molecule has 0 saturated carbocycles. The van der Waals surface area contributed by atoms with Crippen molar-refractivity contribution < 1.29 is 14.3 Å². The van der Waals surface area contributed by atoms with E-state index in [2.05, 4.69) is 26.1 Å². The highest BCUT2D eigenvalue weighted by Crippen LogP contribution is 2.46. The van der Waals surface area contributed by atoms with E-state index in [1.165, 1.54) is 0 Å². The zero-order valence-electron chi connectivity index (χ0n) is 19.8. The first-order chi connectivity index (χ1) is 14.6. The van der Waals surface area contributed by atoms with E-state index in [1.807, 2.05) is 50.2 Å². The zero-order chi connectivity index (χ0) is 22.8. The third kappa shape index (κ3) is 5.03. The number of carbonyl (C=O) groups excluding carboxylic acids is 2. The molecule has 0 spiro atoms. The van der Waals surface area contributed by atoms with Gasteiger partial charge in [-0.1, -0.05) is 45.7 Å². The van der Waals surface area contributed by atoms with Gasteiger partial charge < -0.3 is 15.0 Å². The van der Waals surface area contributed by atoms with Crippen LogP contribution in [0.4, 0.5) is 5.69 Å². The molecule has 1 heterocycles. The van der Waals surface area contributed by atoms with Crippen LogP contribution in [0.1, 0.15) is 71.3 Å². The first-order valence-electron chi connectivity index (χ1n) is 11.3. The fourth-order valence-corrected chi connectivity index (χ4v) is 4.60. The van der Waals surface area contributed by atoms with E-state index >= 15 is 0 Å². The number of anilines is 1. The molecule has 1 atom stereocenters. The van der Waals surface area contributed by atoms with Gasteiger partial charge in [-0.15, -0.1) is 0 Å². The van der Waals surface area contributed by atoms with Crippen LogP contribution in [0.3, 0.4) is 0 Å². The molecule has 0 amide bonds. The molecule has 3 rings (SSSR count). The van der Waals surface area contributed by atoms with Gasteiger partial charge in [0.15, 0.2) is 5.78 Å². The van der Waals surface area contributed by atoms with E-state index in [1.54, 1.807) is 0 Å². The number of benzene rings is 1. The second-order valence-electron chi connectivity index (χ2n) is 9.76. The molecule has 0 fully saturated rings. The Kier molecular flexibility index (Phi) is 6.93. The highest BCUT2D eigenvalue weighted by atomic mass is 16.5. The second kappa shape index (κ2) is 9.29. The van der Waals surface area contributed by atoms with Crippen LogP contribution in [0.5, 0.6) is 0 Å². The molecule has 1 aliphatic heterocycles. The van der Waals surface area contributed by atoms with Crippen molar-refractivity contribution in [1.29, 1.82) is 0 Å². The van der Waals surface area contributed by atoms with Crippen LogP contribution >= 0.6 is 0 Å². The molecule has 31 heavy (non-hydrogen) atoms. The van der Waals surface area contributed by atoms with Crippen LogP contribution in [-0.2, 0) is 14.3 Å². The van der Waals surface area contributed by atoms with E-state index in [4.69, 9.17) is 4.74 Å². The normalized spacial score (nSPS) is 20.3. The highest BCUT2D eigenvalue weighted by molar-refractivity contribution is 6.04. The number of nitrogens with one attached hydrogen (secondary N) is 1. The van der Waals surface area contributed by atoms with Gasteiger partial charge in [0.25, 0.3) is 0 Å². The Bertz CT molecular complexity index is 907. The number of Topliss-reactive ketones (excluding diaryl/α,β-unsaturated/α-hetero) is 1. The molecule has 0 radical (unpaired) electrons. The van der Waals surface area contributed by atoms with Gasteiger partial charge in [-0.05, 0) is 42.9 Å². The molecule has 1 aromatic carbocycles. The quantitative estimate of drug-likeness (QED) is 0.488. The summed E-state index contributed by atoms with van der Waals surface area (Å²) in [5.41, 5.74) is 4.94. The minimum Gasteiger partial charge on any atom is -0.462 e. The van der Waals surface area contributed by atoms with Crippen molar-refractivity contribution in [3.05, 3.63) is 52.4 Å². The first-order valence-corrected chi connectivity index (χ1v) is 11.3. The minimum atomic E-state index is -0.394. The maximum Gasteiger partial charge on any atom is 0.336 e. The summed E-state index contributed by atoms with van der Waals surface area (Å²) < 4.78 is 5.64. The first kappa shape index (κ1) is 23.1. The Labute approximate surface area is 186 Å². The van der Waals surface area contributed by atoms with E-state index in [-0.39, 0.29) is 17.2 Å². The lowest BCUT2D eigenvalue weighted by molar-refractivity contribution is -0.139. The third-order valence-corrected chi connectivity index (χ3v) is 6.18. The summed E-state index contributed by atoms with van der Waals surface area (Å²) in [6.45, 7) is 8.68. The monoisotopic (exact) mass is 424 g/mol. The molecule has 0 bridgehead atoms. The van der Waals surface area contributed by atoms with E-state index in [0.717, 1.165) is 53.9 Å². The molecule has 1 aromatic rings. The van der Waals surface area contributed by atoms with Gasteiger partial charge >= 0.3 is 5.97 Å². The largest absolute Gasteiger partial charge is 0.462 e. The van der Waals surface area contributed by atoms with Crippen LogP contribution in [0.25, 0.3) is 0 Å². The summed E-state index contributed by atoms with van der Waals surface area (Å²) in [7, 11) is 3.99. The number of allylic oxidation sites excluding steroid dienone is 3. The molecular formula is C26H36N2O3. The molecule has 1 aliphatic carbocycles. The van der Waals surface area contributed by atoms with Crippen LogP contribution in [-0.4, -0.2) is 32.5 Å². The van der Waals surface area contributed by atoms with Crippen molar-refractivity contribution in [2.45, 2.75) is 65.7 Å². The number of ketones is 1. The minimum absolute atomic E-state index is 0.0965. The summed E-state index contributed by atoms with van der Waals surface area (Å²) in [5, 5.41) is 3.40. The van der Waals surface area contributed by atoms with Crippen LogP contribution in [0.2, 0.25) is 0 Å². The van der Waals surface area contributed by atoms with Gasteiger partial charge in [0.05, 0.1) is 12.2 Å². The second-order valence-corrected chi connectivity index (χ2v) is 9.76. The molecule has 1 unspecified atom stereocenters. The van der Waals surface area contributed by atoms with E-state index in [0.29, 0.717) is 18.6 Å². The van der Waals surface area contributed by atoms with Crippen LogP contribution < -0.4 is 10.2 Å². The van der Waals surface area contributed by atoms with Crippen molar-refractivity contribution >= 4 is 17.4 Å². The Morgan fingerprint density at radius 3 is 2.45 bits per heavy atom. The smallest absolute Gasteiger partial charge is 0.336 e. The lowest BCUT2D eigenvalue weighted by atomic mass is 9.68. The summed E-state index contributed by atoms with van der Waals surface area (Å²) >= 11 is 0. The Balaban J connectivity index is 2.02. The standard InChI is InChI=1S/C26H36N2O3/c1-7-8-9-14-31-25(30)22-17(2)27-20-15-26(3,4)16-21(29)24(20)23(22)18-10-12-19(13-11-18)28(5)6/h10-13,23,27H,7-9,14-16H2,1-6H3. The van der Waals surface area contributed by atoms with E-state index < -0.39 is 5.92 Å². The predicted molar refractivity (Wildman–Crippen MR) is 125 cm³/mol. The molecule has 5 nitrogen and oxygen atoms in total. The fraction of sp³-hybridized carbons (Fsp3) is 0.538. The van der Waals surface area contributed by atoms with Crippen molar-refractivity contribution in [3.63, 3.8) is 0 Å². The molecule has 2 aliphatic rings. The van der Waals surface area contributed by atoms with Crippen molar-refractivity contribution in [1.82, 2.24) is 5.32 Å². The van der Waals surface area contributed by atoms with Crippen molar-refractivity contribution in [2.24, 2.45) is 5.41 Å². The number of dihydropyridines is 1. The number of hydrogen-bond acceptors (Lipinski definition) is 5. The Morgan fingerprint density at radius 1 is 1.16 bits per heavy atom. The topological polar surface area (TPSA) is 58.6 Å². The number of hydrogen-bond donors (Lipinski definition) is 1. The van der Waals surface area contributed by atoms with Crippen molar-refractivity contribution in [2.75, 3.05) is 25.6 Å². The van der Waals surface area contributed by atoms with Gasteiger partial charge in [0.1, 0.15) is 0 Å². The molecular weight excluding hydrogens is 388 g/mol. The predicted octanol–water partition coefficient (Wildman–Crippen LogP) is 5.09. The molecule has 0 aromatic heterocycles. The highest BCUT2D eigenvalue weighted by Gasteiger charge is 2.43. The average molecular weight is 425 g/mol. The molecule has 1 N–H and O–H groups in total. The van der Waals surface area contributed by atoms with Gasteiger partial charge in [-0.2, -0.15) is 0 Å². The molecule has 5 heteroatoms. The Morgan fingerprint density at radius 2 is 1.84 bits per heavy atom. The summed E-state index contributed by atoms with van der Waals surface area (Å²) in [5.74, 6) is -0.606. The summed E-state index contributed by atoms with van der Waals surface area (Å²) in [4.78, 5) is 28.5. The van der Waals surface area contributed by atoms with Crippen LogP contribution in [0, 0.1) is 5.41 Å². The number of unbranched alkanes of at least 4 members (excludes halogenated alkanes) is 2. The summed E-state index contributed by atoms with van der Waals surface area (Å²) in [6, 6.07) is 8.13. The van der Waals surface area contributed by atoms with Crippen LogP contribution in [0.15, 0.2) is 46.8 Å². The van der Waals surface area contributed by atoms with Gasteiger partial charge in [0.2, 0.25) is 0 Å². The molecule has 0 saturated heterocycles. The maximum absolute atomic E-state index is 13.3. The molecule has 168 valence electrons. The number of ether oxygens (including phenoxy) is 1. The summed E-state index contributed by atoms with van der Waals surface area (Å²) in [6.07, 6.45) is 4.23. The fourth-order valence-electron chi connectivity index (χ4n) is 4.60. The van der Waals surface area contributed by atoms with Gasteiger partial charge in [-0.25, -0.2) is 4.79 Å². The SMILES string of the molecule is CCCCCOC(=O)C1=C(C)NC2=C(C(=O)CC(C)(C)C2)C1c1ccc(N(C)C)cc1. The van der Waals surface area contributed by atoms with Gasteiger partial charge in [-0.3, -0.25) is 4.79 Å². The van der Waals surface area contributed by atoms with Gasteiger partial charge in [0, 0.05) is 49.1 Å². The lowest BCUT2D eigenvalue weighted by Crippen LogP contribution is -2.38. The van der Waals surface area contributed by atoms with E-state index in [9.17, 15) is 9.59 Å². The zero-order valence-corrected chi connectivity index (χ0v) is 19.8. The number of esters is 1.